The third kappa shape index (κ3) is 7.44. The lowest BCUT2D eigenvalue weighted by Crippen LogP contribution is -2.47. The number of piperazine rings is 1. The number of methoxy groups -OCH3 is 1. The van der Waals surface area contributed by atoms with Crippen LogP contribution in [-0.4, -0.2) is 68.4 Å². The number of fused-ring (bicyclic) bond motifs is 2. The molecule has 1 fully saturated rings. The highest BCUT2D eigenvalue weighted by Crippen LogP contribution is 2.38. The van der Waals surface area contributed by atoms with E-state index < -0.39 is 14.0 Å². The van der Waals surface area contributed by atoms with Crippen molar-refractivity contribution in [3.05, 3.63) is 82.6 Å². The summed E-state index contributed by atoms with van der Waals surface area (Å²) in [5.74, 6) is 0.574. The van der Waals surface area contributed by atoms with Gasteiger partial charge < -0.3 is 23.7 Å². The maximum Gasteiger partial charge on any atom is 0.341 e. The zero-order valence-corrected chi connectivity index (χ0v) is 29.2. The Hall–Kier alpha value is -3.37. The van der Waals surface area contributed by atoms with Crippen LogP contribution in [0, 0.1) is 0 Å². The summed E-state index contributed by atoms with van der Waals surface area (Å²) in [5, 5.41) is 1.84. The predicted octanol–water partition coefficient (Wildman–Crippen LogP) is 8.17. The summed E-state index contributed by atoms with van der Waals surface area (Å²) in [6, 6.07) is 17.6. The monoisotopic (exact) mass is 660 g/mol. The quantitative estimate of drug-likeness (QED) is 0.0736. The van der Waals surface area contributed by atoms with Crippen molar-refractivity contribution in [2.45, 2.75) is 64.1 Å². The van der Waals surface area contributed by atoms with Crippen LogP contribution in [-0.2, 0) is 22.6 Å². The summed E-state index contributed by atoms with van der Waals surface area (Å²) in [4.78, 5) is 22.4. The van der Waals surface area contributed by atoms with Gasteiger partial charge in [-0.05, 0) is 66.8 Å². The number of esters is 1. The maximum absolute atomic E-state index is 12.7. The highest BCUT2D eigenvalue weighted by molar-refractivity contribution is 6.76. The fourth-order valence-corrected chi connectivity index (χ4v) is 7.61. The Balaban J connectivity index is 1.16. The molecule has 0 bridgehead atoms. The predicted molar refractivity (Wildman–Crippen MR) is 187 cm³/mol. The molecule has 2 aromatic carbocycles. The zero-order valence-electron chi connectivity index (χ0n) is 27.4. The number of anilines is 1. The first-order valence-corrected chi connectivity index (χ1v) is 20.5. The molecule has 46 heavy (non-hydrogen) atoms. The molecule has 6 rings (SSSR count). The summed E-state index contributed by atoms with van der Waals surface area (Å²) < 4.78 is 19.4. The largest absolute Gasteiger partial charge is 0.465 e. The number of pyridine rings is 1. The molecule has 0 unspecified atom stereocenters. The van der Waals surface area contributed by atoms with Crippen molar-refractivity contribution < 1.29 is 19.0 Å². The Morgan fingerprint density at radius 1 is 1.04 bits per heavy atom. The van der Waals surface area contributed by atoms with Gasteiger partial charge in [-0.3, -0.25) is 4.90 Å². The van der Waals surface area contributed by atoms with Crippen LogP contribution in [0.3, 0.4) is 0 Å². The minimum absolute atomic E-state index is 0.380. The number of halogens is 1. The van der Waals surface area contributed by atoms with E-state index in [0.29, 0.717) is 29.8 Å². The van der Waals surface area contributed by atoms with E-state index >= 15 is 0 Å². The summed E-state index contributed by atoms with van der Waals surface area (Å²) in [5.41, 5.74) is 4.95. The van der Waals surface area contributed by atoms with E-state index in [1.54, 1.807) is 12.3 Å². The van der Waals surface area contributed by atoms with E-state index in [0.717, 1.165) is 73.4 Å². The minimum Gasteiger partial charge on any atom is -0.465 e. The average Bonchev–Trinajstić information content (AvgIpc) is 3.31. The molecule has 0 N–H and O–H groups in total. The molecule has 1 aliphatic carbocycles. The molecule has 0 amide bonds. The Kier molecular flexibility index (Phi) is 10.0. The van der Waals surface area contributed by atoms with Gasteiger partial charge in [-0.1, -0.05) is 49.8 Å². The number of hydrogen-bond donors (Lipinski definition) is 0. The molecule has 4 aromatic rings. The van der Waals surface area contributed by atoms with Crippen LogP contribution in [0.2, 0.25) is 30.7 Å². The first-order valence-electron chi connectivity index (χ1n) is 16.4. The van der Waals surface area contributed by atoms with Crippen LogP contribution in [0.4, 0.5) is 5.69 Å². The van der Waals surface area contributed by atoms with Crippen molar-refractivity contribution in [1.29, 1.82) is 0 Å². The molecule has 0 saturated carbocycles. The van der Waals surface area contributed by atoms with Crippen LogP contribution in [0.5, 0.6) is 11.5 Å². The fraction of sp³-hybridized carbons (Fsp3) is 0.444. The Labute approximate surface area is 278 Å². The van der Waals surface area contributed by atoms with Gasteiger partial charge in [-0.25, -0.2) is 9.78 Å². The number of ether oxygens (including phenoxy) is 3. The lowest BCUT2D eigenvalue weighted by molar-refractivity contribution is 0.0598. The van der Waals surface area contributed by atoms with Gasteiger partial charge in [-0.2, -0.15) is 0 Å². The lowest BCUT2D eigenvalue weighted by atomic mass is 9.97. The van der Waals surface area contributed by atoms with E-state index in [-0.39, 0.29) is 0 Å². The first-order chi connectivity index (χ1) is 22.2. The van der Waals surface area contributed by atoms with E-state index in [4.69, 9.17) is 25.8 Å². The van der Waals surface area contributed by atoms with Crippen molar-refractivity contribution in [3.63, 3.8) is 0 Å². The first kappa shape index (κ1) is 32.6. The average molecular weight is 661 g/mol. The van der Waals surface area contributed by atoms with Gasteiger partial charge in [0.2, 0.25) is 0 Å². The van der Waals surface area contributed by atoms with Gasteiger partial charge in [0.25, 0.3) is 0 Å². The number of benzene rings is 2. The van der Waals surface area contributed by atoms with Crippen molar-refractivity contribution in [2.24, 2.45) is 0 Å². The molecular formula is C36H45ClN4O4Si. The molecule has 0 radical (unpaired) electrons. The van der Waals surface area contributed by atoms with Gasteiger partial charge >= 0.3 is 5.97 Å². The Morgan fingerprint density at radius 3 is 2.65 bits per heavy atom. The summed E-state index contributed by atoms with van der Waals surface area (Å²) in [6.45, 7) is 11.9. The number of carbonyl (C=O) groups excluding carboxylic acids is 1. The van der Waals surface area contributed by atoms with Crippen molar-refractivity contribution in [2.75, 3.05) is 44.8 Å². The van der Waals surface area contributed by atoms with Crippen molar-refractivity contribution in [3.8, 4) is 11.5 Å². The topological polar surface area (TPSA) is 69.1 Å². The molecule has 2 aromatic heterocycles. The lowest BCUT2D eigenvalue weighted by Gasteiger charge is -2.40. The van der Waals surface area contributed by atoms with Crippen molar-refractivity contribution >= 4 is 42.4 Å². The second kappa shape index (κ2) is 14.2. The normalized spacial score (nSPS) is 17.5. The van der Waals surface area contributed by atoms with E-state index in [1.807, 2.05) is 41.1 Å². The SMILES string of the molecule is COC(=O)c1ccc(N2CCN([C@@H]3CCCCc4c(Cl)cccc43)CC2)cc1Oc1cnc2c(ccn2COCC[Si](C)(C)C)c1. The second-order valence-corrected chi connectivity index (χ2v) is 19.6. The Bertz CT molecular complexity index is 1680. The molecule has 2 aliphatic rings. The van der Waals surface area contributed by atoms with Crippen molar-refractivity contribution in [1.82, 2.24) is 14.5 Å². The smallest absolute Gasteiger partial charge is 0.341 e. The van der Waals surface area contributed by atoms with Gasteiger partial charge in [0.1, 0.15) is 29.4 Å². The van der Waals surface area contributed by atoms with Crippen LogP contribution < -0.4 is 9.64 Å². The number of carbonyl (C=O) groups is 1. The van der Waals surface area contributed by atoms with E-state index in [2.05, 4.69) is 46.6 Å². The van der Waals surface area contributed by atoms with Gasteiger partial charge in [0.15, 0.2) is 0 Å². The second-order valence-electron chi connectivity index (χ2n) is 13.6. The fourth-order valence-electron chi connectivity index (χ4n) is 6.57. The molecule has 8 nitrogen and oxygen atoms in total. The Morgan fingerprint density at radius 2 is 1.87 bits per heavy atom. The molecule has 3 heterocycles. The molecule has 244 valence electrons. The third-order valence-electron chi connectivity index (χ3n) is 9.19. The van der Waals surface area contributed by atoms with Gasteiger partial charge in [-0.15, -0.1) is 0 Å². The highest BCUT2D eigenvalue weighted by atomic mass is 35.5. The van der Waals surface area contributed by atoms with Gasteiger partial charge in [0, 0.05) is 75.3 Å². The van der Waals surface area contributed by atoms with Crippen LogP contribution in [0.1, 0.15) is 46.8 Å². The van der Waals surface area contributed by atoms with Crippen LogP contribution >= 0.6 is 11.6 Å². The standard InChI is InChI=1S/C36H45ClN4O4Si/c1-43-36(42)31-13-12-27(39-16-18-40(19-17-39)33-11-6-5-8-29-30(33)9-7-10-32(29)37)23-34(31)45-28-22-26-14-15-41(35(26)38-24-28)25-44-20-21-46(2,3)4/h7,9-10,12-15,22-24,33H,5-6,8,11,16-21,25H2,1-4H3/t33-/m1/s1. The minimum atomic E-state index is -1.14. The molecule has 1 atom stereocenters. The maximum atomic E-state index is 12.7. The number of rotatable bonds is 10. The van der Waals surface area contributed by atoms with Gasteiger partial charge in [0.05, 0.1) is 13.3 Å². The molecule has 1 saturated heterocycles. The van der Waals surface area contributed by atoms with E-state index in [1.165, 1.54) is 31.1 Å². The van der Waals surface area contributed by atoms with Crippen LogP contribution in [0.25, 0.3) is 11.0 Å². The summed E-state index contributed by atoms with van der Waals surface area (Å²) in [7, 11) is 0.246. The summed E-state index contributed by atoms with van der Waals surface area (Å²) in [6.07, 6.45) is 8.30. The zero-order chi connectivity index (χ0) is 32.3. The molecular weight excluding hydrogens is 616 g/mol. The molecule has 0 spiro atoms. The molecule has 10 heteroatoms. The van der Waals surface area contributed by atoms with Crippen LogP contribution in [0.15, 0.2) is 60.9 Å². The summed E-state index contributed by atoms with van der Waals surface area (Å²) >= 11 is 6.63. The highest BCUT2D eigenvalue weighted by Gasteiger charge is 2.29. The number of hydrogen-bond acceptors (Lipinski definition) is 7. The number of aromatic nitrogens is 2. The van der Waals surface area contributed by atoms with E-state index in [9.17, 15) is 4.79 Å². The third-order valence-corrected chi connectivity index (χ3v) is 11.2. The molecule has 1 aliphatic heterocycles. The number of nitrogens with zero attached hydrogens (tertiary/aromatic N) is 4.